The van der Waals surface area contributed by atoms with Crippen LogP contribution in [0.25, 0.3) is 0 Å². The van der Waals surface area contributed by atoms with Gasteiger partial charge in [0, 0.05) is 39.0 Å². The third-order valence-corrected chi connectivity index (χ3v) is 23.0. The topological polar surface area (TPSA) is 174 Å². The van der Waals surface area contributed by atoms with Crippen LogP contribution in [0.4, 0.5) is 19.2 Å². The highest BCUT2D eigenvalue weighted by atomic mass is 28.4. The number of fused-ring (bicyclic) bond motifs is 1. The average Bonchev–Trinajstić information content (AvgIpc) is 1.44. The minimum atomic E-state index is -3.05. The van der Waals surface area contributed by atoms with Crippen molar-refractivity contribution in [3.63, 3.8) is 0 Å². The summed E-state index contributed by atoms with van der Waals surface area (Å²) in [6.45, 7) is 33.1. The van der Waals surface area contributed by atoms with Gasteiger partial charge in [-0.15, -0.1) is 0 Å². The second-order valence-electron chi connectivity index (χ2n) is 32.4. The molecule has 0 radical (unpaired) electrons. The molecular formula is C79H110N4O14Si. The van der Waals surface area contributed by atoms with E-state index in [4.69, 9.17) is 47.1 Å². The van der Waals surface area contributed by atoms with E-state index in [0.717, 1.165) is 47.1 Å². The summed E-state index contributed by atoms with van der Waals surface area (Å²) < 4.78 is 72.5. The van der Waals surface area contributed by atoms with Gasteiger partial charge < -0.3 is 52.0 Å². The lowest BCUT2D eigenvalue weighted by molar-refractivity contribution is -0.314. The number of amides is 4. The van der Waals surface area contributed by atoms with Crippen LogP contribution in [0.3, 0.4) is 0 Å². The first kappa shape index (κ1) is 75.4. The first-order valence-electron chi connectivity index (χ1n) is 35.2. The molecular weight excluding hydrogens is 1260 g/mol. The highest BCUT2D eigenvalue weighted by Gasteiger charge is 2.64. The van der Waals surface area contributed by atoms with Crippen LogP contribution in [0, 0.1) is 0 Å². The quantitative estimate of drug-likeness (QED) is 0.0532. The average molecular weight is 1370 g/mol. The zero-order chi connectivity index (χ0) is 71.0. The Balaban J connectivity index is 1.34. The summed E-state index contributed by atoms with van der Waals surface area (Å²) in [5.41, 5.74) is 0.324. The van der Waals surface area contributed by atoms with Crippen molar-refractivity contribution in [2.45, 2.75) is 283 Å². The Morgan fingerprint density at radius 3 is 1.29 bits per heavy atom. The standard InChI is InChI=1S/C79H110N4O14Si/c1-74(2,3)93-70(84)80(49-55-36-24-18-25-37-55)53-62-66(88-54-59-44-32-22-33-45-59)67(97-98(16,17)78(13,14)15)63(83(73(87)96-77(10,11)12)52-58-42-30-21-31-43-58)69(89-62)90-64-60(81(71(85)94-75(4,5)6)50-56-38-26-19-27-39-56)48-61(65-68(64)92-79(91-65)46-34-23-35-47-79)82(72(86)95-76(7,8)9)51-57-40-28-20-29-41-57/h18-22,24-33,36-45,60-69H,23,34-35,46-54H2,1-17H3/t60-,61+,62+,63+,64+,65-,66+,67+,68-,69+/m0/s1. The molecule has 10 atom stereocenters. The summed E-state index contributed by atoms with van der Waals surface area (Å²) in [6.07, 6.45) is -6.67. The zero-order valence-corrected chi connectivity index (χ0v) is 62.2. The lowest BCUT2D eigenvalue weighted by Crippen LogP contribution is -2.72. The number of hydrogen-bond acceptors (Lipinski definition) is 14. The molecule has 2 aliphatic carbocycles. The van der Waals surface area contributed by atoms with Crippen molar-refractivity contribution in [2.75, 3.05) is 6.54 Å². The fraction of sp³-hybridized carbons (Fsp3) is 0.570. The second kappa shape index (κ2) is 31.4. The molecule has 0 bridgehead atoms. The van der Waals surface area contributed by atoms with Crippen LogP contribution in [0.15, 0.2) is 152 Å². The molecule has 4 amide bonds. The third kappa shape index (κ3) is 20.4. The van der Waals surface area contributed by atoms with Gasteiger partial charge in [-0.25, -0.2) is 19.2 Å². The van der Waals surface area contributed by atoms with Crippen LogP contribution < -0.4 is 0 Å². The molecule has 4 aliphatic rings. The first-order valence-corrected chi connectivity index (χ1v) is 38.1. The van der Waals surface area contributed by atoms with Crippen molar-refractivity contribution in [1.29, 1.82) is 0 Å². The smallest absolute Gasteiger partial charge is 0.411 e. The highest BCUT2D eigenvalue weighted by Crippen LogP contribution is 2.50. The molecule has 0 N–H and O–H groups in total. The molecule has 534 valence electrons. The van der Waals surface area contributed by atoms with Gasteiger partial charge in [0.05, 0.1) is 31.3 Å². The normalized spacial score (nSPS) is 23.6. The zero-order valence-electron chi connectivity index (χ0n) is 61.2. The molecule has 19 heteroatoms. The Labute approximate surface area is 584 Å². The Kier molecular flexibility index (Phi) is 24.1. The number of carbonyl (C=O) groups excluding carboxylic acids is 4. The molecule has 1 spiro atoms. The molecule has 0 unspecified atom stereocenters. The van der Waals surface area contributed by atoms with Crippen LogP contribution in [0.2, 0.25) is 18.1 Å². The molecule has 2 heterocycles. The van der Waals surface area contributed by atoms with Gasteiger partial charge in [0.1, 0.15) is 59.0 Å². The summed E-state index contributed by atoms with van der Waals surface area (Å²) in [7, 11) is -3.05. The number of hydrogen-bond donors (Lipinski definition) is 0. The molecule has 9 rings (SSSR count). The summed E-state index contributed by atoms with van der Waals surface area (Å²) in [6, 6.07) is 45.6. The largest absolute Gasteiger partial charge is 0.444 e. The maximum Gasteiger partial charge on any atom is 0.411 e. The predicted octanol–water partition coefficient (Wildman–Crippen LogP) is 16.8. The Morgan fingerprint density at radius 2 is 0.847 bits per heavy atom. The summed E-state index contributed by atoms with van der Waals surface area (Å²) in [4.78, 5) is 69.3. The predicted molar refractivity (Wildman–Crippen MR) is 380 cm³/mol. The van der Waals surface area contributed by atoms with Crippen molar-refractivity contribution in [1.82, 2.24) is 19.6 Å². The minimum absolute atomic E-state index is 0.0115. The minimum Gasteiger partial charge on any atom is -0.444 e. The van der Waals surface area contributed by atoms with Gasteiger partial charge in [-0.1, -0.05) is 179 Å². The van der Waals surface area contributed by atoms with Crippen molar-refractivity contribution in [3.8, 4) is 0 Å². The molecule has 98 heavy (non-hydrogen) atoms. The SMILES string of the molecule is CC(C)(C)OC(=O)N(Cc1ccccc1)C[C@H]1O[C@H](O[C@H]2[C@@H]3OC4(CCCCC4)O[C@H]3[C@H](N(Cc3ccccc3)C(=O)OC(C)(C)C)C[C@@H]2N(Cc2ccccc2)C(=O)OC(C)(C)C)[C@H](N(Cc2ccccc2)C(=O)OC(C)(C)C)[C@@H](O[Si](C)(C)C(C)(C)C)[C@@H]1OCc1ccccc1. The fourth-order valence-electron chi connectivity index (χ4n) is 13.1. The van der Waals surface area contributed by atoms with Gasteiger partial charge in [-0.2, -0.15) is 0 Å². The van der Waals surface area contributed by atoms with Crippen molar-refractivity contribution in [2.24, 2.45) is 0 Å². The van der Waals surface area contributed by atoms with Crippen LogP contribution in [0.1, 0.15) is 170 Å². The number of benzene rings is 5. The number of ether oxygens (including phenoxy) is 9. The van der Waals surface area contributed by atoms with E-state index in [2.05, 4.69) is 33.9 Å². The molecule has 5 aromatic rings. The monoisotopic (exact) mass is 1370 g/mol. The van der Waals surface area contributed by atoms with E-state index in [-0.39, 0.29) is 45.8 Å². The van der Waals surface area contributed by atoms with Crippen LogP contribution >= 0.6 is 0 Å². The molecule has 2 aliphatic heterocycles. The van der Waals surface area contributed by atoms with Gasteiger partial charge in [0.25, 0.3) is 0 Å². The van der Waals surface area contributed by atoms with E-state index in [9.17, 15) is 0 Å². The van der Waals surface area contributed by atoms with Gasteiger partial charge in [0.15, 0.2) is 20.4 Å². The Bertz CT molecular complexity index is 3360. The summed E-state index contributed by atoms with van der Waals surface area (Å²) in [5.74, 6) is -1.13. The van der Waals surface area contributed by atoms with Gasteiger partial charge >= 0.3 is 24.4 Å². The van der Waals surface area contributed by atoms with E-state index in [1.165, 1.54) is 0 Å². The number of carbonyl (C=O) groups is 4. The van der Waals surface area contributed by atoms with Gasteiger partial charge in [0.2, 0.25) is 0 Å². The van der Waals surface area contributed by atoms with E-state index >= 15 is 19.2 Å². The van der Waals surface area contributed by atoms with Crippen LogP contribution in [-0.4, -0.2) is 148 Å². The van der Waals surface area contributed by atoms with Gasteiger partial charge in [-0.05, 0) is 148 Å². The lowest BCUT2D eigenvalue weighted by Gasteiger charge is -2.55. The molecule has 2 saturated carbocycles. The highest BCUT2D eigenvalue weighted by molar-refractivity contribution is 6.74. The Morgan fingerprint density at radius 1 is 0.459 bits per heavy atom. The van der Waals surface area contributed by atoms with E-state index in [1.54, 1.807) is 19.6 Å². The summed E-state index contributed by atoms with van der Waals surface area (Å²) in [5, 5.41) is -0.428. The van der Waals surface area contributed by atoms with Gasteiger partial charge in [-0.3, -0.25) is 14.7 Å². The maximum absolute atomic E-state index is 16.1. The third-order valence-electron chi connectivity index (χ3n) is 18.5. The van der Waals surface area contributed by atoms with E-state index in [1.807, 2.05) is 235 Å². The molecule has 4 fully saturated rings. The maximum atomic E-state index is 16.1. The molecule has 5 aromatic carbocycles. The van der Waals surface area contributed by atoms with E-state index in [0.29, 0.717) is 12.8 Å². The van der Waals surface area contributed by atoms with Crippen LogP contribution in [-0.2, 0) is 79.8 Å². The molecule has 2 saturated heterocycles. The van der Waals surface area contributed by atoms with E-state index < -0.39 is 127 Å². The fourth-order valence-corrected chi connectivity index (χ4v) is 14.4. The lowest BCUT2D eigenvalue weighted by atomic mass is 9.81. The Hall–Kier alpha value is -6.84. The summed E-state index contributed by atoms with van der Waals surface area (Å²) >= 11 is 0. The first-order chi connectivity index (χ1) is 46.0. The molecule has 18 nitrogen and oxygen atoms in total. The number of rotatable bonds is 20. The van der Waals surface area contributed by atoms with Crippen molar-refractivity contribution in [3.05, 3.63) is 179 Å². The van der Waals surface area contributed by atoms with Crippen LogP contribution in [0.5, 0.6) is 0 Å². The second-order valence-corrected chi connectivity index (χ2v) is 37.1. The molecule has 0 aromatic heterocycles. The number of nitrogens with zero attached hydrogens (tertiary/aromatic N) is 4. The van der Waals surface area contributed by atoms with Crippen molar-refractivity contribution < 1.29 is 66.2 Å². The van der Waals surface area contributed by atoms with Crippen molar-refractivity contribution >= 4 is 32.7 Å².